The molecule has 2 atom stereocenters. The number of hydrogen-bond donors (Lipinski definition) is 1. The van der Waals surface area contributed by atoms with Crippen molar-refractivity contribution in [2.45, 2.75) is 45.6 Å². The zero-order chi connectivity index (χ0) is 24.1. The van der Waals surface area contributed by atoms with Crippen molar-refractivity contribution in [3.05, 3.63) is 45.7 Å². The Balaban J connectivity index is 1.42. The average Bonchev–Trinajstić information content (AvgIpc) is 3.16. The molecule has 1 N–H and O–H groups in total. The van der Waals surface area contributed by atoms with Crippen LogP contribution in [0.2, 0.25) is 0 Å². The highest BCUT2D eigenvalue weighted by Crippen LogP contribution is 2.28. The molecule has 2 aliphatic heterocycles. The first-order valence-corrected chi connectivity index (χ1v) is 12.8. The van der Waals surface area contributed by atoms with Crippen LogP contribution in [0.25, 0.3) is 0 Å². The number of benzene rings is 1. The topological polar surface area (TPSA) is 87.8 Å². The van der Waals surface area contributed by atoms with E-state index in [2.05, 4.69) is 26.1 Å². The molecule has 2 amide bonds. The van der Waals surface area contributed by atoms with E-state index >= 15 is 0 Å². The number of carbonyl (C=O) groups is 2. The van der Waals surface area contributed by atoms with E-state index in [1.165, 1.54) is 0 Å². The second kappa shape index (κ2) is 11.4. The zero-order valence-corrected chi connectivity index (χ0v) is 21.5. The molecule has 2 saturated heterocycles. The van der Waals surface area contributed by atoms with Gasteiger partial charge in [-0.2, -0.15) is 5.10 Å². The molecular formula is C25H33BrN4O4. The minimum atomic E-state index is -0.123. The van der Waals surface area contributed by atoms with Gasteiger partial charge in [0, 0.05) is 61.5 Å². The number of amides is 2. The largest absolute Gasteiger partial charge is 0.490 e. The van der Waals surface area contributed by atoms with E-state index in [4.69, 9.17) is 9.47 Å². The number of ether oxygens (including phenoxy) is 2. The fraction of sp³-hybridized carbons (Fsp3) is 0.560. The lowest BCUT2D eigenvalue weighted by atomic mass is 9.90. The number of hydrogen-bond acceptors (Lipinski definition) is 5. The van der Waals surface area contributed by atoms with Crippen LogP contribution >= 0.6 is 15.9 Å². The van der Waals surface area contributed by atoms with Gasteiger partial charge in [-0.1, -0.05) is 22.0 Å². The Hall–Kier alpha value is -2.39. The molecule has 1 aromatic carbocycles. The van der Waals surface area contributed by atoms with E-state index in [1.54, 1.807) is 0 Å². The SMILES string of the molecule is Cc1n[nH]c(C)c1CCC(=O)N1CC[C@H](Oc2cccc(Br)c2)[C@@H](CC(=O)N2CCOCC2)C1. The number of halogens is 1. The maximum Gasteiger partial charge on any atom is 0.223 e. The lowest BCUT2D eigenvalue weighted by molar-refractivity contribution is -0.141. The molecule has 1 aromatic heterocycles. The molecule has 0 radical (unpaired) electrons. The Labute approximate surface area is 209 Å². The van der Waals surface area contributed by atoms with E-state index in [-0.39, 0.29) is 23.8 Å². The van der Waals surface area contributed by atoms with Crippen molar-refractivity contribution in [1.82, 2.24) is 20.0 Å². The summed E-state index contributed by atoms with van der Waals surface area (Å²) in [4.78, 5) is 29.9. The molecule has 2 fully saturated rings. The zero-order valence-electron chi connectivity index (χ0n) is 19.9. The Bertz CT molecular complexity index is 985. The molecule has 0 bridgehead atoms. The highest BCUT2D eigenvalue weighted by atomic mass is 79.9. The summed E-state index contributed by atoms with van der Waals surface area (Å²) in [6, 6.07) is 7.76. The van der Waals surface area contributed by atoms with Gasteiger partial charge in [-0.05, 0) is 44.0 Å². The van der Waals surface area contributed by atoms with Crippen LogP contribution in [-0.4, -0.2) is 77.3 Å². The number of rotatable bonds is 7. The smallest absolute Gasteiger partial charge is 0.223 e. The molecular weight excluding hydrogens is 500 g/mol. The Morgan fingerprint density at radius 2 is 1.97 bits per heavy atom. The van der Waals surface area contributed by atoms with Crippen molar-refractivity contribution < 1.29 is 19.1 Å². The summed E-state index contributed by atoms with van der Waals surface area (Å²) in [7, 11) is 0. The van der Waals surface area contributed by atoms with Gasteiger partial charge in [0.15, 0.2) is 0 Å². The van der Waals surface area contributed by atoms with E-state index in [9.17, 15) is 9.59 Å². The fourth-order valence-corrected chi connectivity index (χ4v) is 5.18. The molecule has 2 aromatic rings. The van der Waals surface area contributed by atoms with Crippen LogP contribution in [0.3, 0.4) is 0 Å². The van der Waals surface area contributed by atoms with Crippen LogP contribution in [-0.2, 0) is 20.7 Å². The van der Waals surface area contributed by atoms with Gasteiger partial charge in [-0.3, -0.25) is 14.7 Å². The highest BCUT2D eigenvalue weighted by molar-refractivity contribution is 9.10. The molecule has 8 nitrogen and oxygen atoms in total. The van der Waals surface area contributed by atoms with Crippen LogP contribution in [0.15, 0.2) is 28.7 Å². The van der Waals surface area contributed by atoms with Gasteiger partial charge >= 0.3 is 0 Å². The van der Waals surface area contributed by atoms with Crippen molar-refractivity contribution in [3.8, 4) is 5.75 Å². The number of morpholine rings is 1. The van der Waals surface area contributed by atoms with Gasteiger partial charge in [0.05, 0.1) is 18.9 Å². The van der Waals surface area contributed by atoms with Gasteiger partial charge in [0.25, 0.3) is 0 Å². The Morgan fingerprint density at radius 1 is 1.18 bits per heavy atom. The predicted molar refractivity (Wildman–Crippen MR) is 132 cm³/mol. The number of nitrogens with zero attached hydrogens (tertiary/aromatic N) is 3. The minimum absolute atomic E-state index is 0.0653. The lowest BCUT2D eigenvalue weighted by Gasteiger charge is -2.39. The maximum atomic E-state index is 13.1. The molecule has 0 spiro atoms. The summed E-state index contributed by atoms with van der Waals surface area (Å²) in [5.41, 5.74) is 3.07. The summed E-state index contributed by atoms with van der Waals surface area (Å²) in [6.45, 7) is 7.49. The van der Waals surface area contributed by atoms with Gasteiger partial charge in [0.1, 0.15) is 11.9 Å². The molecule has 0 unspecified atom stereocenters. The van der Waals surface area contributed by atoms with E-state index < -0.39 is 0 Å². The molecule has 3 heterocycles. The van der Waals surface area contributed by atoms with E-state index in [0.29, 0.717) is 65.1 Å². The Morgan fingerprint density at radius 3 is 2.68 bits per heavy atom. The molecule has 9 heteroatoms. The Kier molecular flexibility index (Phi) is 8.26. The number of H-pyrrole nitrogens is 1. The highest BCUT2D eigenvalue weighted by Gasteiger charge is 2.35. The third-order valence-corrected chi connectivity index (χ3v) is 7.26. The summed E-state index contributed by atoms with van der Waals surface area (Å²) >= 11 is 3.49. The second-order valence-corrected chi connectivity index (χ2v) is 10.0. The molecule has 184 valence electrons. The van der Waals surface area contributed by atoms with Crippen molar-refractivity contribution in [2.24, 2.45) is 5.92 Å². The minimum Gasteiger partial charge on any atom is -0.490 e. The second-order valence-electron chi connectivity index (χ2n) is 9.11. The first-order chi connectivity index (χ1) is 16.4. The monoisotopic (exact) mass is 532 g/mol. The van der Waals surface area contributed by atoms with Crippen molar-refractivity contribution >= 4 is 27.7 Å². The molecule has 0 saturated carbocycles. The van der Waals surface area contributed by atoms with Gasteiger partial charge < -0.3 is 19.3 Å². The summed E-state index contributed by atoms with van der Waals surface area (Å²) < 4.78 is 12.7. The van der Waals surface area contributed by atoms with Crippen LogP contribution in [0.5, 0.6) is 5.75 Å². The summed E-state index contributed by atoms with van der Waals surface area (Å²) in [5.74, 6) is 0.929. The summed E-state index contributed by atoms with van der Waals surface area (Å²) in [6.07, 6.45) is 2.04. The quantitative estimate of drug-likeness (QED) is 0.591. The maximum absolute atomic E-state index is 13.1. The number of piperidine rings is 1. The van der Waals surface area contributed by atoms with Crippen molar-refractivity contribution in [3.63, 3.8) is 0 Å². The number of aromatic amines is 1. The first kappa shape index (κ1) is 24.7. The number of carbonyl (C=O) groups excluding carboxylic acids is 2. The first-order valence-electron chi connectivity index (χ1n) is 12.0. The lowest BCUT2D eigenvalue weighted by Crippen LogP contribution is -2.50. The number of likely N-dealkylation sites (tertiary alicyclic amines) is 1. The van der Waals surface area contributed by atoms with E-state index in [1.807, 2.05) is 47.9 Å². The van der Waals surface area contributed by atoms with E-state index in [0.717, 1.165) is 27.2 Å². The normalized spacial score (nSPS) is 20.9. The van der Waals surface area contributed by atoms with Gasteiger partial charge in [0.2, 0.25) is 11.8 Å². The van der Waals surface area contributed by atoms with Gasteiger partial charge in [-0.25, -0.2) is 0 Å². The van der Waals surface area contributed by atoms with Crippen LogP contribution in [0.4, 0.5) is 0 Å². The average molecular weight is 533 g/mol. The van der Waals surface area contributed by atoms with Crippen LogP contribution < -0.4 is 4.74 Å². The third kappa shape index (κ3) is 6.18. The molecule has 0 aliphatic carbocycles. The van der Waals surface area contributed by atoms with Crippen molar-refractivity contribution in [1.29, 1.82) is 0 Å². The fourth-order valence-electron chi connectivity index (χ4n) is 4.80. The molecule has 4 rings (SSSR count). The van der Waals surface area contributed by atoms with Gasteiger partial charge in [-0.15, -0.1) is 0 Å². The van der Waals surface area contributed by atoms with Crippen LogP contribution in [0.1, 0.15) is 36.2 Å². The number of aromatic nitrogens is 2. The standard InChI is InChI=1S/C25H33BrN4O4/c1-17-22(18(2)28-27-17)6-7-24(31)30-9-8-23(34-21-5-3-4-20(26)15-21)19(16-30)14-25(32)29-10-12-33-13-11-29/h3-5,15,19,23H,6-14,16H2,1-2H3,(H,27,28)/t19-,23-/m0/s1. The molecule has 2 aliphatic rings. The van der Waals surface area contributed by atoms with Crippen LogP contribution in [0, 0.1) is 19.8 Å². The number of aryl methyl sites for hydroxylation is 2. The summed E-state index contributed by atoms with van der Waals surface area (Å²) in [5, 5.41) is 7.22. The van der Waals surface area contributed by atoms with Crippen molar-refractivity contribution in [2.75, 3.05) is 39.4 Å². The predicted octanol–water partition coefficient (Wildman–Crippen LogP) is 3.27. The molecule has 34 heavy (non-hydrogen) atoms. The number of nitrogens with one attached hydrogen (secondary N) is 1. The third-order valence-electron chi connectivity index (χ3n) is 6.77.